The molecule has 1 N–H and O–H groups in total. The van der Waals surface area contributed by atoms with Crippen molar-refractivity contribution in [3.8, 4) is 0 Å². The Labute approximate surface area is 96.5 Å². The van der Waals surface area contributed by atoms with E-state index in [9.17, 15) is 4.39 Å². The topological polar surface area (TPSA) is 15.3 Å². The third kappa shape index (κ3) is 2.42. The molecule has 1 fully saturated rings. The van der Waals surface area contributed by atoms with E-state index in [1.807, 2.05) is 25.1 Å². The minimum absolute atomic E-state index is 0.0479. The van der Waals surface area contributed by atoms with Gasteiger partial charge in [0.05, 0.1) is 0 Å². The second-order valence-corrected chi connectivity index (χ2v) is 4.57. The second-order valence-electron chi connectivity index (χ2n) is 4.57. The van der Waals surface area contributed by atoms with Crippen LogP contribution in [0.4, 0.5) is 4.39 Å². The molecular formula is C13H19FN2. The summed E-state index contributed by atoms with van der Waals surface area (Å²) in [6.07, 6.45) is 0. The smallest absolute Gasteiger partial charge is 0.130 e. The highest BCUT2D eigenvalue weighted by atomic mass is 19.1. The molecule has 0 unspecified atom stereocenters. The molecule has 1 atom stereocenters. The number of hydrogen-bond donors (Lipinski definition) is 1. The number of benzene rings is 1. The number of hydrogen-bond acceptors (Lipinski definition) is 2. The average molecular weight is 222 g/mol. The van der Waals surface area contributed by atoms with E-state index < -0.39 is 0 Å². The van der Waals surface area contributed by atoms with E-state index in [1.54, 1.807) is 0 Å². The van der Waals surface area contributed by atoms with E-state index in [2.05, 4.69) is 17.1 Å². The first-order valence-corrected chi connectivity index (χ1v) is 5.87. The largest absolute Gasteiger partial charge is 0.314 e. The molecule has 0 aliphatic carbocycles. The SMILES string of the molecule is Cc1cccc(CN2CCNC[C@@H]2C)c1F. The molecular weight excluding hydrogens is 203 g/mol. The zero-order valence-corrected chi connectivity index (χ0v) is 9.96. The van der Waals surface area contributed by atoms with Gasteiger partial charge in [-0.2, -0.15) is 0 Å². The van der Waals surface area contributed by atoms with Crippen molar-refractivity contribution < 1.29 is 4.39 Å². The Bertz CT molecular complexity index is 365. The number of rotatable bonds is 2. The van der Waals surface area contributed by atoms with Crippen molar-refractivity contribution >= 4 is 0 Å². The predicted octanol–water partition coefficient (Wildman–Crippen LogP) is 1.93. The summed E-state index contributed by atoms with van der Waals surface area (Å²) < 4.78 is 13.8. The molecule has 1 aliphatic rings. The fourth-order valence-corrected chi connectivity index (χ4v) is 2.17. The van der Waals surface area contributed by atoms with Gasteiger partial charge in [-0.05, 0) is 19.4 Å². The minimum Gasteiger partial charge on any atom is -0.314 e. The Balaban J connectivity index is 2.10. The van der Waals surface area contributed by atoms with Crippen molar-refractivity contribution in [1.82, 2.24) is 10.2 Å². The van der Waals surface area contributed by atoms with Crippen LogP contribution in [0.15, 0.2) is 18.2 Å². The lowest BCUT2D eigenvalue weighted by molar-refractivity contribution is 0.163. The molecule has 2 nitrogen and oxygen atoms in total. The van der Waals surface area contributed by atoms with Crippen LogP contribution in [-0.2, 0) is 6.54 Å². The lowest BCUT2D eigenvalue weighted by atomic mass is 10.1. The summed E-state index contributed by atoms with van der Waals surface area (Å²) in [5.41, 5.74) is 1.55. The summed E-state index contributed by atoms with van der Waals surface area (Å²) in [6.45, 7) is 7.70. The van der Waals surface area contributed by atoms with Gasteiger partial charge < -0.3 is 5.32 Å². The first kappa shape index (κ1) is 11.6. The third-order valence-electron chi connectivity index (χ3n) is 3.28. The number of piperazine rings is 1. The fourth-order valence-electron chi connectivity index (χ4n) is 2.17. The number of nitrogens with zero attached hydrogens (tertiary/aromatic N) is 1. The molecule has 0 radical (unpaired) electrons. The van der Waals surface area contributed by atoms with Gasteiger partial charge in [0, 0.05) is 37.8 Å². The molecule has 0 spiro atoms. The highest BCUT2D eigenvalue weighted by Crippen LogP contribution is 2.16. The van der Waals surface area contributed by atoms with E-state index >= 15 is 0 Å². The number of aryl methyl sites for hydroxylation is 1. The molecule has 1 aromatic carbocycles. The van der Waals surface area contributed by atoms with Gasteiger partial charge in [0.25, 0.3) is 0 Å². The zero-order chi connectivity index (χ0) is 11.5. The van der Waals surface area contributed by atoms with Crippen molar-refractivity contribution in [2.45, 2.75) is 26.4 Å². The lowest BCUT2D eigenvalue weighted by Gasteiger charge is -2.34. The summed E-state index contributed by atoms with van der Waals surface area (Å²) in [4.78, 5) is 2.33. The van der Waals surface area contributed by atoms with Crippen molar-refractivity contribution in [3.05, 3.63) is 35.1 Å². The van der Waals surface area contributed by atoms with Gasteiger partial charge in [-0.15, -0.1) is 0 Å². The van der Waals surface area contributed by atoms with Crippen LogP contribution >= 0.6 is 0 Å². The van der Waals surface area contributed by atoms with Gasteiger partial charge in [0.2, 0.25) is 0 Å². The summed E-state index contributed by atoms with van der Waals surface area (Å²) in [5, 5.41) is 3.34. The Morgan fingerprint density at radius 1 is 1.50 bits per heavy atom. The summed E-state index contributed by atoms with van der Waals surface area (Å²) >= 11 is 0. The first-order chi connectivity index (χ1) is 7.68. The molecule has 2 rings (SSSR count). The van der Waals surface area contributed by atoms with Crippen LogP contribution in [0.1, 0.15) is 18.1 Å². The first-order valence-electron chi connectivity index (χ1n) is 5.87. The maximum absolute atomic E-state index is 13.8. The van der Waals surface area contributed by atoms with Gasteiger partial charge in [-0.3, -0.25) is 4.90 Å². The Kier molecular flexibility index (Phi) is 3.56. The second kappa shape index (κ2) is 4.93. The van der Waals surface area contributed by atoms with Crippen molar-refractivity contribution in [1.29, 1.82) is 0 Å². The van der Waals surface area contributed by atoms with Gasteiger partial charge in [-0.25, -0.2) is 4.39 Å². The monoisotopic (exact) mass is 222 g/mol. The molecule has 0 saturated carbocycles. The van der Waals surface area contributed by atoms with Crippen LogP contribution in [0.25, 0.3) is 0 Å². The van der Waals surface area contributed by atoms with Crippen molar-refractivity contribution in [2.75, 3.05) is 19.6 Å². The van der Waals surface area contributed by atoms with Gasteiger partial charge in [0.15, 0.2) is 0 Å². The Hall–Kier alpha value is -0.930. The van der Waals surface area contributed by atoms with Crippen LogP contribution in [0.3, 0.4) is 0 Å². The van der Waals surface area contributed by atoms with Crippen LogP contribution < -0.4 is 5.32 Å². The highest BCUT2D eigenvalue weighted by molar-refractivity contribution is 5.24. The van der Waals surface area contributed by atoms with Crippen LogP contribution in [0.2, 0.25) is 0 Å². The molecule has 1 aliphatic heterocycles. The molecule has 0 bridgehead atoms. The van der Waals surface area contributed by atoms with E-state index in [0.29, 0.717) is 6.04 Å². The molecule has 88 valence electrons. The quantitative estimate of drug-likeness (QED) is 0.822. The van der Waals surface area contributed by atoms with Gasteiger partial charge >= 0.3 is 0 Å². The summed E-state index contributed by atoms with van der Waals surface area (Å²) in [5.74, 6) is -0.0479. The van der Waals surface area contributed by atoms with Crippen LogP contribution in [0.5, 0.6) is 0 Å². The minimum atomic E-state index is -0.0479. The van der Waals surface area contributed by atoms with Crippen LogP contribution in [0, 0.1) is 12.7 Å². The molecule has 0 amide bonds. The van der Waals surface area contributed by atoms with Crippen LogP contribution in [-0.4, -0.2) is 30.6 Å². The average Bonchev–Trinajstić information content (AvgIpc) is 2.28. The fraction of sp³-hybridized carbons (Fsp3) is 0.538. The van der Waals surface area contributed by atoms with E-state index in [-0.39, 0.29) is 5.82 Å². The zero-order valence-electron chi connectivity index (χ0n) is 9.96. The molecule has 1 saturated heterocycles. The molecule has 16 heavy (non-hydrogen) atoms. The number of halogens is 1. The Morgan fingerprint density at radius 3 is 3.06 bits per heavy atom. The van der Waals surface area contributed by atoms with E-state index in [1.165, 1.54) is 0 Å². The lowest BCUT2D eigenvalue weighted by Crippen LogP contribution is -2.49. The van der Waals surface area contributed by atoms with E-state index in [4.69, 9.17) is 0 Å². The normalized spacial score (nSPS) is 22.3. The van der Waals surface area contributed by atoms with E-state index in [0.717, 1.165) is 37.3 Å². The van der Waals surface area contributed by atoms with Crippen molar-refractivity contribution in [2.24, 2.45) is 0 Å². The maximum atomic E-state index is 13.8. The molecule has 3 heteroatoms. The van der Waals surface area contributed by atoms with Gasteiger partial charge in [-0.1, -0.05) is 18.2 Å². The predicted molar refractivity (Wildman–Crippen MR) is 63.9 cm³/mol. The Morgan fingerprint density at radius 2 is 2.31 bits per heavy atom. The number of nitrogens with one attached hydrogen (secondary N) is 1. The molecule has 1 heterocycles. The third-order valence-corrected chi connectivity index (χ3v) is 3.28. The highest BCUT2D eigenvalue weighted by Gasteiger charge is 2.19. The summed E-state index contributed by atoms with van der Waals surface area (Å²) in [6, 6.07) is 6.12. The maximum Gasteiger partial charge on any atom is 0.130 e. The molecule has 1 aromatic rings. The molecule has 0 aromatic heterocycles. The van der Waals surface area contributed by atoms with Crippen molar-refractivity contribution in [3.63, 3.8) is 0 Å². The summed E-state index contributed by atoms with van der Waals surface area (Å²) in [7, 11) is 0. The standard InChI is InChI=1S/C13H19FN2/c1-10-4-3-5-12(13(10)14)9-16-7-6-15-8-11(16)2/h3-5,11,15H,6-9H2,1-2H3/t11-/m0/s1. The van der Waals surface area contributed by atoms with Gasteiger partial charge in [0.1, 0.15) is 5.82 Å².